The van der Waals surface area contributed by atoms with Crippen molar-refractivity contribution in [2.24, 2.45) is 35.5 Å². The van der Waals surface area contributed by atoms with E-state index in [1.54, 1.807) is 6.92 Å². The van der Waals surface area contributed by atoms with E-state index in [1.807, 2.05) is 0 Å². The van der Waals surface area contributed by atoms with Gasteiger partial charge in [0.25, 0.3) is 0 Å². The number of rotatable bonds is 9. The van der Waals surface area contributed by atoms with Gasteiger partial charge in [-0.3, -0.25) is 0 Å². The van der Waals surface area contributed by atoms with E-state index in [9.17, 15) is 8.78 Å². The Morgan fingerprint density at radius 3 is 2.03 bits per heavy atom. The van der Waals surface area contributed by atoms with Gasteiger partial charge in [-0.2, -0.15) is 8.78 Å². The number of allylic oxidation sites excluding steroid dienone is 2. The molecule has 0 heterocycles. The van der Waals surface area contributed by atoms with Crippen molar-refractivity contribution in [2.75, 3.05) is 13.2 Å². The summed E-state index contributed by atoms with van der Waals surface area (Å²) in [5.74, 6) is 2.61. The van der Waals surface area contributed by atoms with Crippen LogP contribution < -0.4 is 9.47 Å². The van der Waals surface area contributed by atoms with Gasteiger partial charge < -0.3 is 9.47 Å². The predicted molar refractivity (Wildman–Crippen MR) is 134 cm³/mol. The molecule has 1 aromatic rings. The Kier molecular flexibility index (Phi) is 9.31. The summed E-state index contributed by atoms with van der Waals surface area (Å²) in [6.45, 7) is 4.84. The fraction of sp³-hybridized carbons (Fsp3) is 0.733. The summed E-state index contributed by atoms with van der Waals surface area (Å²) < 4.78 is 39.3. The molecule has 4 atom stereocenters. The van der Waals surface area contributed by atoms with Crippen LogP contribution in [0.5, 0.6) is 11.5 Å². The average molecular weight is 475 g/mol. The maximum Gasteiger partial charge on any atom is 0.204 e. The molecule has 0 bridgehead atoms. The number of halogens is 2. The molecule has 3 aliphatic carbocycles. The van der Waals surface area contributed by atoms with Crippen molar-refractivity contribution >= 4 is 0 Å². The molecule has 4 heteroatoms. The minimum absolute atomic E-state index is 0.000601. The summed E-state index contributed by atoms with van der Waals surface area (Å²) in [5.41, 5.74) is 0. The van der Waals surface area contributed by atoms with Gasteiger partial charge in [0.1, 0.15) is 0 Å². The summed E-state index contributed by atoms with van der Waals surface area (Å²) in [6, 6.07) is 2.95. The van der Waals surface area contributed by atoms with Gasteiger partial charge >= 0.3 is 0 Å². The van der Waals surface area contributed by atoms with Gasteiger partial charge in [-0.1, -0.05) is 31.9 Å². The van der Waals surface area contributed by atoms with Crippen LogP contribution in [0.3, 0.4) is 0 Å². The van der Waals surface area contributed by atoms with Crippen LogP contribution in [-0.4, -0.2) is 13.2 Å². The van der Waals surface area contributed by atoms with Gasteiger partial charge in [0.2, 0.25) is 11.6 Å². The number of ether oxygens (including phenoxy) is 2. The molecule has 34 heavy (non-hydrogen) atoms. The van der Waals surface area contributed by atoms with Gasteiger partial charge in [0, 0.05) is 0 Å². The van der Waals surface area contributed by atoms with Gasteiger partial charge in [0.15, 0.2) is 11.5 Å². The third-order valence-electron chi connectivity index (χ3n) is 8.79. The first-order valence-electron chi connectivity index (χ1n) is 14.0. The summed E-state index contributed by atoms with van der Waals surface area (Å²) in [4.78, 5) is 0. The Morgan fingerprint density at radius 1 is 0.735 bits per heavy atom. The molecule has 3 aliphatic rings. The maximum atomic E-state index is 14.3. The number of benzene rings is 1. The zero-order chi connectivity index (χ0) is 23.9. The molecule has 0 aliphatic heterocycles. The van der Waals surface area contributed by atoms with E-state index in [2.05, 4.69) is 19.1 Å². The summed E-state index contributed by atoms with van der Waals surface area (Å²) in [5, 5.41) is 0. The first-order valence-corrected chi connectivity index (χ1v) is 14.0. The molecule has 0 radical (unpaired) electrons. The zero-order valence-corrected chi connectivity index (χ0v) is 21.2. The second kappa shape index (κ2) is 12.4. The van der Waals surface area contributed by atoms with Crippen LogP contribution in [0.1, 0.15) is 90.9 Å². The van der Waals surface area contributed by atoms with E-state index in [0.717, 1.165) is 42.4 Å². The molecular formula is C30H44F2O2. The average Bonchev–Trinajstić information content (AvgIpc) is 2.86. The van der Waals surface area contributed by atoms with Crippen molar-refractivity contribution in [1.29, 1.82) is 0 Å². The standard InChI is InChI=1S/C30H44F2O2/c1-3-5-21-6-8-22(9-7-21)10-11-23-12-14-26-19-24(13-15-25(26)18-23)20-34-28-17-16-27(33-4-2)29(31)30(28)32/h10-11,16-17,21-26H,3-9,12-15,18-20H2,1-2H3/b11-10+. The fourth-order valence-electron chi connectivity index (χ4n) is 6.84. The monoisotopic (exact) mass is 474 g/mol. The van der Waals surface area contributed by atoms with Gasteiger partial charge in [-0.15, -0.1) is 0 Å². The van der Waals surface area contributed by atoms with E-state index >= 15 is 0 Å². The van der Waals surface area contributed by atoms with Crippen LogP contribution in [0.4, 0.5) is 8.78 Å². The van der Waals surface area contributed by atoms with Crippen molar-refractivity contribution in [3.8, 4) is 11.5 Å². The molecule has 3 fully saturated rings. The van der Waals surface area contributed by atoms with Gasteiger partial charge in [0.05, 0.1) is 13.2 Å². The van der Waals surface area contributed by atoms with Crippen LogP contribution in [0.2, 0.25) is 0 Å². The first-order chi connectivity index (χ1) is 16.6. The minimum Gasteiger partial charge on any atom is -0.491 e. The molecule has 0 spiro atoms. The maximum absolute atomic E-state index is 14.3. The Hall–Kier alpha value is -1.58. The topological polar surface area (TPSA) is 18.5 Å². The van der Waals surface area contributed by atoms with Crippen LogP contribution in [0.15, 0.2) is 24.3 Å². The second-order valence-corrected chi connectivity index (χ2v) is 11.2. The lowest BCUT2D eigenvalue weighted by Crippen LogP contribution is -2.32. The predicted octanol–water partition coefficient (Wildman–Crippen LogP) is 8.74. The highest BCUT2D eigenvalue weighted by Gasteiger charge is 2.35. The number of fused-ring (bicyclic) bond motifs is 1. The van der Waals surface area contributed by atoms with Crippen LogP contribution in [-0.2, 0) is 0 Å². The summed E-state index contributed by atoms with van der Waals surface area (Å²) in [7, 11) is 0. The normalized spacial score (nSPS) is 31.9. The van der Waals surface area contributed by atoms with Crippen molar-refractivity contribution in [3.63, 3.8) is 0 Å². The van der Waals surface area contributed by atoms with E-state index in [0.29, 0.717) is 19.1 Å². The van der Waals surface area contributed by atoms with Gasteiger partial charge in [-0.05, 0) is 119 Å². The van der Waals surface area contributed by atoms with Crippen LogP contribution >= 0.6 is 0 Å². The minimum atomic E-state index is -0.955. The molecule has 0 saturated heterocycles. The molecular weight excluding hydrogens is 430 g/mol. The molecule has 4 rings (SSSR count). The molecule has 0 N–H and O–H groups in total. The Balaban J connectivity index is 1.20. The molecule has 4 unspecified atom stereocenters. The molecule has 3 saturated carbocycles. The Labute approximate surface area is 205 Å². The van der Waals surface area contributed by atoms with E-state index in [4.69, 9.17) is 9.47 Å². The molecule has 0 aromatic heterocycles. The number of hydrogen-bond acceptors (Lipinski definition) is 2. The zero-order valence-electron chi connectivity index (χ0n) is 21.2. The van der Waals surface area contributed by atoms with Crippen molar-refractivity contribution < 1.29 is 18.3 Å². The highest BCUT2D eigenvalue weighted by Crippen LogP contribution is 2.45. The van der Waals surface area contributed by atoms with Crippen LogP contribution in [0, 0.1) is 47.1 Å². The highest BCUT2D eigenvalue weighted by molar-refractivity contribution is 5.35. The van der Waals surface area contributed by atoms with E-state index in [1.165, 1.54) is 76.3 Å². The van der Waals surface area contributed by atoms with Crippen LogP contribution in [0.25, 0.3) is 0 Å². The lowest BCUT2D eigenvalue weighted by Gasteiger charge is -2.41. The third-order valence-corrected chi connectivity index (χ3v) is 8.79. The highest BCUT2D eigenvalue weighted by atomic mass is 19.2. The lowest BCUT2D eigenvalue weighted by molar-refractivity contribution is 0.0851. The molecule has 2 nitrogen and oxygen atoms in total. The second-order valence-electron chi connectivity index (χ2n) is 11.2. The largest absolute Gasteiger partial charge is 0.491 e. The quantitative estimate of drug-likeness (QED) is 0.333. The summed E-state index contributed by atoms with van der Waals surface area (Å²) in [6.07, 6.45) is 21.0. The lowest BCUT2D eigenvalue weighted by atomic mass is 9.65. The van der Waals surface area contributed by atoms with E-state index in [-0.39, 0.29) is 11.5 Å². The SMILES string of the molecule is CCCC1CCC(/C=C/C2CCC3CC(COc4ccc(OCC)c(F)c4F)CCC3C2)CC1. The fourth-order valence-corrected chi connectivity index (χ4v) is 6.84. The molecule has 1 aromatic carbocycles. The molecule has 190 valence electrons. The van der Waals surface area contributed by atoms with Crippen molar-refractivity contribution in [2.45, 2.75) is 90.9 Å². The van der Waals surface area contributed by atoms with Crippen molar-refractivity contribution in [1.82, 2.24) is 0 Å². The van der Waals surface area contributed by atoms with E-state index < -0.39 is 11.6 Å². The Morgan fingerprint density at radius 2 is 1.32 bits per heavy atom. The first kappa shape index (κ1) is 25.5. The molecule has 0 amide bonds. The number of hydrogen-bond donors (Lipinski definition) is 0. The summed E-state index contributed by atoms with van der Waals surface area (Å²) >= 11 is 0. The Bertz CT molecular complexity index is 799. The smallest absolute Gasteiger partial charge is 0.204 e. The van der Waals surface area contributed by atoms with Crippen molar-refractivity contribution in [3.05, 3.63) is 35.9 Å². The van der Waals surface area contributed by atoms with Gasteiger partial charge in [-0.25, -0.2) is 0 Å². The third kappa shape index (κ3) is 6.55.